The number of carbonyl (C=O) groups excluding carboxylic acids is 2. The van der Waals surface area contributed by atoms with Gasteiger partial charge in [0, 0.05) is 19.0 Å². The third kappa shape index (κ3) is 4.00. The molecule has 6 N–H and O–H groups in total. The molecule has 14 heteroatoms. The van der Waals surface area contributed by atoms with Gasteiger partial charge in [0.05, 0.1) is 31.1 Å². The Hall–Kier alpha value is -2.46. The van der Waals surface area contributed by atoms with E-state index in [0.717, 1.165) is 16.4 Å². The van der Waals surface area contributed by atoms with Crippen LogP contribution in [-0.2, 0) is 14.3 Å². The number of ether oxygens (including phenoxy) is 2. The first-order valence-corrected chi connectivity index (χ1v) is 10.8. The van der Waals surface area contributed by atoms with Crippen molar-refractivity contribution in [1.29, 1.82) is 0 Å². The molecular weight excluding hydrogens is 456 g/mol. The Bertz CT molecular complexity index is 1030. The molecule has 8 atom stereocenters. The number of nitrogens with zero attached hydrogens (tertiary/aromatic N) is 3. The highest BCUT2D eigenvalue weighted by molar-refractivity contribution is 6.02. The second-order valence-corrected chi connectivity index (χ2v) is 8.95. The Balaban J connectivity index is 1.75. The lowest BCUT2D eigenvalue weighted by Crippen LogP contribution is -2.67. The van der Waals surface area contributed by atoms with E-state index < -0.39 is 79.4 Å². The van der Waals surface area contributed by atoms with Crippen molar-refractivity contribution in [3.63, 3.8) is 0 Å². The summed E-state index contributed by atoms with van der Waals surface area (Å²) in [5, 5.41) is 52.0. The van der Waals surface area contributed by atoms with Gasteiger partial charge in [-0.1, -0.05) is 0 Å². The minimum absolute atomic E-state index is 0.0378. The van der Waals surface area contributed by atoms with Gasteiger partial charge in [-0.3, -0.25) is 19.6 Å². The van der Waals surface area contributed by atoms with Gasteiger partial charge < -0.3 is 35.0 Å². The predicted molar refractivity (Wildman–Crippen MR) is 110 cm³/mol. The van der Waals surface area contributed by atoms with E-state index in [1.807, 2.05) is 5.32 Å². The summed E-state index contributed by atoms with van der Waals surface area (Å²) >= 11 is 0. The molecule has 3 aliphatic rings. The van der Waals surface area contributed by atoms with Crippen molar-refractivity contribution in [2.24, 2.45) is 0 Å². The van der Waals surface area contributed by atoms with Crippen LogP contribution < -0.4 is 11.0 Å². The molecule has 4 heterocycles. The van der Waals surface area contributed by atoms with Crippen molar-refractivity contribution < 1.29 is 44.6 Å². The Morgan fingerprint density at radius 2 is 1.65 bits per heavy atom. The Morgan fingerprint density at radius 1 is 1.09 bits per heavy atom. The number of hydrogen-bond donors (Lipinski definition) is 6. The van der Waals surface area contributed by atoms with Crippen molar-refractivity contribution in [2.45, 2.75) is 75.2 Å². The molecule has 4 rings (SSSR count). The van der Waals surface area contributed by atoms with Crippen LogP contribution in [0.15, 0.2) is 11.0 Å². The summed E-state index contributed by atoms with van der Waals surface area (Å²) in [5.41, 5.74) is -2.80. The first-order chi connectivity index (χ1) is 16.0. The number of urea groups is 1. The van der Waals surface area contributed by atoms with Gasteiger partial charge in [0.15, 0.2) is 5.60 Å². The lowest BCUT2D eigenvalue weighted by molar-refractivity contribution is -0.159. The highest BCUT2D eigenvalue weighted by atomic mass is 16.6. The smallest absolute Gasteiger partial charge is 0.349 e. The van der Waals surface area contributed by atoms with Crippen molar-refractivity contribution in [3.05, 3.63) is 27.9 Å². The van der Waals surface area contributed by atoms with E-state index in [-0.39, 0.29) is 18.5 Å². The van der Waals surface area contributed by atoms with Crippen LogP contribution in [0.5, 0.6) is 0 Å². The molecule has 3 amide bonds. The van der Waals surface area contributed by atoms with Gasteiger partial charge in [-0.2, -0.15) is 4.98 Å². The van der Waals surface area contributed by atoms with Crippen LogP contribution in [0, 0.1) is 6.92 Å². The number of hydrogen-bond acceptors (Lipinski definition) is 11. The molecule has 1 aromatic heterocycles. The van der Waals surface area contributed by atoms with Crippen LogP contribution in [0.1, 0.15) is 43.3 Å². The second kappa shape index (κ2) is 8.96. The lowest BCUT2D eigenvalue weighted by atomic mass is 9.87. The zero-order valence-corrected chi connectivity index (χ0v) is 18.6. The summed E-state index contributed by atoms with van der Waals surface area (Å²) in [7, 11) is 0. The average molecular weight is 484 g/mol. The maximum absolute atomic E-state index is 12.9. The number of aryl methyl sites for hydroxylation is 1. The van der Waals surface area contributed by atoms with E-state index in [2.05, 4.69) is 4.98 Å². The van der Waals surface area contributed by atoms with E-state index in [9.17, 15) is 39.9 Å². The van der Waals surface area contributed by atoms with Crippen LogP contribution in [-0.4, -0.2) is 101 Å². The fraction of sp³-hybridized carbons (Fsp3) is 0.700. The molecule has 3 fully saturated rings. The summed E-state index contributed by atoms with van der Waals surface area (Å²) in [6.45, 7) is 1.77. The van der Waals surface area contributed by atoms with Crippen LogP contribution in [0.25, 0.3) is 0 Å². The minimum atomic E-state index is -2.22. The Kier molecular flexibility index (Phi) is 6.50. The van der Waals surface area contributed by atoms with Gasteiger partial charge in [-0.15, -0.1) is 0 Å². The highest BCUT2D eigenvalue weighted by Gasteiger charge is 2.55. The molecule has 0 aromatic carbocycles. The standard InChI is InChI=1S/C20H28N4O10/c1-8-5-23(13-3-9(27)11(6-25)33-13)18(30)21-15(8)16-20(2,32)17(29)22-19(31)24(16)14-4-10(28)12(7-26)34-14/h5,9-14,16,25-28,32H,3-4,6-7H2,1-2H3,(H,22,29,31)/t9-,10-,11+,12+,13+,14+,16+,20-/m0/s1. The van der Waals surface area contributed by atoms with Crippen molar-refractivity contribution >= 4 is 11.9 Å². The van der Waals surface area contributed by atoms with Gasteiger partial charge in [0.2, 0.25) is 0 Å². The molecule has 34 heavy (non-hydrogen) atoms. The molecule has 0 radical (unpaired) electrons. The minimum Gasteiger partial charge on any atom is -0.394 e. The van der Waals surface area contributed by atoms with Crippen LogP contribution in [0.3, 0.4) is 0 Å². The molecule has 0 aliphatic carbocycles. The van der Waals surface area contributed by atoms with Crippen LogP contribution in [0.4, 0.5) is 4.79 Å². The molecule has 3 aliphatic heterocycles. The van der Waals surface area contributed by atoms with Crippen LogP contribution in [0.2, 0.25) is 0 Å². The first kappa shape index (κ1) is 24.7. The third-order valence-electron chi connectivity index (χ3n) is 6.55. The molecule has 3 saturated heterocycles. The molecule has 14 nitrogen and oxygen atoms in total. The molecule has 0 spiro atoms. The number of carbonyl (C=O) groups is 2. The van der Waals surface area contributed by atoms with E-state index in [1.165, 1.54) is 6.20 Å². The number of nitrogens with one attached hydrogen (secondary N) is 1. The highest BCUT2D eigenvalue weighted by Crippen LogP contribution is 2.40. The number of aromatic nitrogens is 2. The fourth-order valence-electron chi connectivity index (χ4n) is 4.66. The number of aliphatic hydroxyl groups excluding tert-OH is 4. The predicted octanol–water partition coefficient (Wildman–Crippen LogP) is -3.00. The largest absolute Gasteiger partial charge is 0.394 e. The molecule has 0 bridgehead atoms. The molecule has 1 aromatic rings. The summed E-state index contributed by atoms with van der Waals surface area (Å²) in [6, 6.07) is -2.37. The summed E-state index contributed by atoms with van der Waals surface area (Å²) < 4.78 is 12.2. The SMILES string of the molecule is Cc1cn([C@H]2C[C@H](O)[C@@H](CO)O2)c(=O)nc1[C@H]1N([C@H]2C[C@H](O)[C@@H](CO)O2)C(=O)NC(=O)[C@@]1(C)O. The Morgan fingerprint density at radius 3 is 2.21 bits per heavy atom. The second-order valence-electron chi connectivity index (χ2n) is 8.95. The number of aliphatic hydroxyl groups is 5. The van der Waals surface area contributed by atoms with Gasteiger partial charge in [-0.25, -0.2) is 9.59 Å². The average Bonchev–Trinajstić information content (AvgIpc) is 3.33. The Labute approximate surface area is 193 Å². The topological polar surface area (TPSA) is 204 Å². The first-order valence-electron chi connectivity index (χ1n) is 10.8. The van der Waals surface area contributed by atoms with Crippen molar-refractivity contribution in [1.82, 2.24) is 19.8 Å². The van der Waals surface area contributed by atoms with Crippen LogP contribution >= 0.6 is 0 Å². The third-order valence-corrected chi connectivity index (χ3v) is 6.55. The summed E-state index contributed by atoms with van der Waals surface area (Å²) in [5.74, 6) is -1.01. The maximum Gasteiger partial charge on any atom is 0.349 e. The van der Waals surface area contributed by atoms with E-state index in [4.69, 9.17) is 9.47 Å². The lowest BCUT2D eigenvalue weighted by Gasteiger charge is -2.45. The summed E-state index contributed by atoms with van der Waals surface area (Å²) in [6.07, 6.45) is -4.64. The molecular formula is C20H28N4O10. The maximum atomic E-state index is 12.9. The normalized spacial score (nSPS) is 38.4. The van der Waals surface area contributed by atoms with Gasteiger partial charge >= 0.3 is 11.7 Å². The zero-order chi connectivity index (χ0) is 24.9. The van der Waals surface area contributed by atoms with E-state index in [1.54, 1.807) is 6.92 Å². The van der Waals surface area contributed by atoms with Gasteiger partial charge in [-0.05, 0) is 19.4 Å². The summed E-state index contributed by atoms with van der Waals surface area (Å²) in [4.78, 5) is 43.3. The van der Waals surface area contributed by atoms with E-state index >= 15 is 0 Å². The van der Waals surface area contributed by atoms with Crippen molar-refractivity contribution in [2.75, 3.05) is 13.2 Å². The molecule has 188 valence electrons. The fourth-order valence-corrected chi connectivity index (χ4v) is 4.66. The number of imide groups is 1. The van der Waals surface area contributed by atoms with Gasteiger partial charge in [0.1, 0.15) is 30.7 Å². The zero-order valence-electron chi connectivity index (χ0n) is 18.6. The molecule has 0 saturated carbocycles. The van der Waals surface area contributed by atoms with Crippen molar-refractivity contribution in [3.8, 4) is 0 Å². The molecule has 0 unspecified atom stereocenters. The van der Waals surface area contributed by atoms with Gasteiger partial charge in [0.25, 0.3) is 5.91 Å². The number of rotatable bonds is 5. The quantitative estimate of drug-likeness (QED) is 0.248. The monoisotopic (exact) mass is 484 g/mol. The van der Waals surface area contributed by atoms with E-state index in [0.29, 0.717) is 5.56 Å². The number of amides is 3.